The third kappa shape index (κ3) is 2.51. The molecule has 0 radical (unpaired) electrons. The zero-order chi connectivity index (χ0) is 9.68. The minimum Gasteiger partial charge on any atom is -0.298 e. The van der Waals surface area contributed by atoms with Crippen LogP contribution in [-0.4, -0.2) is 6.29 Å². The van der Waals surface area contributed by atoms with Crippen LogP contribution in [0, 0.1) is 5.82 Å². The van der Waals surface area contributed by atoms with Gasteiger partial charge in [0, 0.05) is 5.56 Å². The van der Waals surface area contributed by atoms with Crippen LogP contribution < -0.4 is 0 Å². The maximum atomic E-state index is 13.1. The molecule has 0 aliphatic carbocycles. The summed E-state index contributed by atoms with van der Waals surface area (Å²) in [6.45, 7) is 1.86. The van der Waals surface area contributed by atoms with Crippen LogP contribution in [0.3, 0.4) is 0 Å². The highest BCUT2D eigenvalue weighted by atomic mass is 19.1. The van der Waals surface area contributed by atoms with Crippen LogP contribution in [0.15, 0.2) is 29.8 Å². The first-order chi connectivity index (χ1) is 6.27. The molecule has 1 rings (SSSR count). The van der Waals surface area contributed by atoms with Gasteiger partial charge in [0.05, 0.1) is 0 Å². The van der Waals surface area contributed by atoms with E-state index in [0.717, 1.165) is 6.29 Å². The standard InChI is InChI=1S/C11H11FO/c1-2-9(8-13)7-10-5-3-4-6-11(10)12/h3-8H,2H2,1H3/b9-7+. The molecule has 0 aliphatic rings. The number of aldehydes is 1. The molecule has 0 spiro atoms. The normalized spacial score (nSPS) is 11.4. The Bertz CT molecular complexity index is 329. The van der Waals surface area contributed by atoms with Crippen LogP contribution in [0.2, 0.25) is 0 Å². The molecule has 0 bridgehead atoms. The zero-order valence-electron chi connectivity index (χ0n) is 7.46. The van der Waals surface area contributed by atoms with Crippen LogP contribution in [-0.2, 0) is 4.79 Å². The van der Waals surface area contributed by atoms with E-state index in [1.54, 1.807) is 24.3 Å². The van der Waals surface area contributed by atoms with Crippen molar-refractivity contribution in [2.24, 2.45) is 0 Å². The molecule has 1 nitrogen and oxygen atoms in total. The van der Waals surface area contributed by atoms with Gasteiger partial charge in [-0.3, -0.25) is 4.79 Å². The van der Waals surface area contributed by atoms with Crippen molar-refractivity contribution in [1.29, 1.82) is 0 Å². The number of benzene rings is 1. The Morgan fingerprint density at radius 1 is 1.46 bits per heavy atom. The summed E-state index contributed by atoms with van der Waals surface area (Å²) in [4.78, 5) is 10.5. The van der Waals surface area contributed by atoms with E-state index in [-0.39, 0.29) is 5.82 Å². The summed E-state index contributed by atoms with van der Waals surface area (Å²) < 4.78 is 13.1. The van der Waals surface area contributed by atoms with Crippen molar-refractivity contribution in [1.82, 2.24) is 0 Å². The number of carbonyl (C=O) groups excluding carboxylic acids is 1. The molecular formula is C11H11FO. The second kappa shape index (κ2) is 4.55. The molecule has 68 valence electrons. The van der Waals surface area contributed by atoms with Gasteiger partial charge in [0.2, 0.25) is 0 Å². The van der Waals surface area contributed by atoms with Crippen molar-refractivity contribution in [3.8, 4) is 0 Å². The van der Waals surface area contributed by atoms with Gasteiger partial charge in [-0.1, -0.05) is 25.1 Å². The van der Waals surface area contributed by atoms with E-state index in [1.165, 1.54) is 6.07 Å². The molecule has 0 fully saturated rings. The SMILES string of the molecule is CC/C(C=O)=C\c1ccccc1F. The fourth-order valence-electron chi connectivity index (χ4n) is 1.01. The maximum Gasteiger partial charge on any atom is 0.146 e. The van der Waals surface area contributed by atoms with Crippen molar-refractivity contribution in [3.05, 3.63) is 41.2 Å². The van der Waals surface area contributed by atoms with Gasteiger partial charge in [0.25, 0.3) is 0 Å². The molecule has 0 saturated heterocycles. The Labute approximate surface area is 76.9 Å². The number of allylic oxidation sites excluding steroid dienone is 1. The van der Waals surface area contributed by atoms with Crippen LogP contribution >= 0.6 is 0 Å². The Balaban J connectivity index is 3.02. The van der Waals surface area contributed by atoms with Gasteiger partial charge in [-0.25, -0.2) is 4.39 Å². The van der Waals surface area contributed by atoms with Gasteiger partial charge in [-0.15, -0.1) is 0 Å². The topological polar surface area (TPSA) is 17.1 Å². The Morgan fingerprint density at radius 3 is 2.69 bits per heavy atom. The third-order valence-corrected chi connectivity index (χ3v) is 1.81. The van der Waals surface area contributed by atoms with Crippen molar-refractivity contribution >= 4 is 12.4 Å². The number of carbonyl (C=O) groups is 1. The molecule has 1 aromatic rings. The second-order valence-electron chi connectivity index (χ2n) is 2.71. The van der Waals surface area contributed by atoms with Crippen LogP contribution in [0.25, 0.3) is 6.08 Å². The van der Waals surface area contributed by atoms with Crippen molar-refractivity contribution < 1.29 is 9.18 Å². The molecule has 0 saturated carbocycles. The number of rotatable bonds is 3. The highest BCUT2D eigenvalue weighted by Crippen LogP contribution is 2.11. The van der Waals surface area contributed by atoms with Crippen LogP contribution in [0.4, 0.5) is 4.39 Å². The number of hydrogen-bond acceptors (Lipinski definition) is 1. The number of halogens is 1. The summed E-state index contributed by atoms with van der Waals surface area (Å²) in [5.41, 5.74) is 1.07. The molecule has 0 heterocycles. The molecule has 0 N–H and O–H groups in total. The minimum atomic E-state index is -0.296. The highest BCUT2D eigenvalue weighted by molar-refractivity contribution is 5.81. The third-order valence-electron chi connectivity index (χ3n) is 1.81. The fourth-order valence-corrected chi connectivity index (χ4v) is 1.01. The van der Waals surface area contributed by atoms with Gasteiger partial charge < -0.3 is 0 Å². The van der Waals surface area contributed by atoms with Crippen molar-refractivity contribution in [2.45, 2.75) is 13.3 Å². The summed E-state index contributed by atoms with van der Waals surface area (Å²) in [6, 6.07) is 6.39. The molecule has 2 heteroatoms. The van der Waals surface area contributed by atoms with Crippen LogP contribution in [0.5, 0.6) is 0 Å². The molecular weight excluding hydrogens is 167 g/mol. The lowest BCUT2D eigenvalue weighted by atomic mass is 10.1. The van der Waals surface area contributed by atoms with Gasteiger partial charge in [0.1, 0.15) is 12.1 Å². The predicted octanol–water partition coefficient (Wildman–Crippen LogP) is 2.82. The lowest BCUT2D eigenvalue weighted by molar-refractivity contribution is -0.104. The molecule has 13 heavy (non-hydrogen) atoms. The van der Waals surface area contributed by atoms with Gasteiger partial charge in [0.15, 0.2) is 0 Å². The molecule has 0 atom stereocenters. The molecule has 0 amide bonds. The Kier molecular flexibility index (Phi) is 3.38. The minimum absolute atomic E-state index is 0.296. The average molecular weight is 178 g/mol. The van der Waals surface area contributed by atoms with Crippen molar-refractivity contribution in [2.75, 3.05) is 0 Å². The smallest absolute Gasteiger partial charge is 0.146 e. The van der Waals surface area contributed by atoms with Gasteiger partial charge in [-0.2, -0.15) is 0 Å². The maximum absolute atomic E-state index is 13.1. The average Bonchev–Trinajstić information content (AvgIpc) is 2.17. The summed E-state index contributed by atoms with van der Waals surface area (Å²) in [5.74, 6) is -0.296. The first-order valence-corrected chi connectivity index (χ1v) is 4.18. The molecule has 1 aromatic carbocycles. The summed E-state index contributed by atoms with van der Waals surface area (Å²) in [6.07, 6.45) is 2.95. The Morgan fingerprint density at radius 2 is 2.15 bits per heavy atom. The van der Waals surface area contributed by atoms with Gasteiger partial charge >= 0.3 is 0 Å². The van der Waals surface area contributed by atoms with E-state index in [2.05, 4.69) is 0 Å². The predicted molar refractivity (Wildman–Crippen MR) is 50.7 cm³/mol. The lowest BCUT2D eigenvalue weighted by Gasteiger charge is -1.97. The van der Waals surface area contributed by atoms with E-state index < -0.39 is 0 Å². The molecule has 0 unspecified atom stereocenters. The van der Waals surface area contributed by atoms with Crippen molar-refractivity contribution in [3.63, 3.8) is 0 Å². The lowest BCUT2D eigenvalue weighted by Crippen LogP contribution is -1.85. The van der Waals surface area contributed by atoms with E-state index in [1.807, 2.05) is 6.92 Å². The molecule has 0 aromatic heterocycles. The monoisotopic (exact) mass is 178 g/mol. The summed E-state index contributed by atoms with van der Waals surface area (Å²) in [5, 5.41) is 0. The fraction of sp³-hybridized carbons (Fsp3) is 0.182. The largest absolute Gasteiger partial charge is 0.298 e. The van der Waals surface area contributed by atoms with Crippen LogP contribution in [0.1, 0.15) is 18.9 Å². The first-order valence-electron chi connectivity index (χ1n) is 4.18. The molecule has 0 aliphatic heterocycles. The van der Waals surface area contributed by atoms with E-state index >= 15 is 0 Å². The zero-order valence-corrected chi connectivity index (χ0v) is 7.46. The van der Waals surface area contributed by atoms with Gasteiger partial charge in [-0.05, 0) is 24.1 Å². The highest BCUT2D eigenvalue weighted by Gasteiger charge is 1.98. The second-order valence-corrected chi connectivity index (χ2v) is 2.71. The van der Waals surface area contributed by atoms with E-state index in [9.17, 15) is 9.18 Å². The number of hydrogen-bond donors (Lipinski definition) is 0. The quantitative estimate of drug-likeness (QED) is 0.513. The summed E-state index contributed by atoms with van der Waals surface area (Å²) >= 11 is 0. The Hall–Kier alpha value is -1.44. The van der Waals surface area contributed by atoms with E-state index in [4.69, 9.17) is 0 Å². The first kappa shape index (κ1) is 9.65. The van der Waals surface area contributed by atoms with E-state index in [0.29, 0.717) is 17.6 Å². The summed E-state index contributed by atoms with van der Waals surface area (Å²) in [7, 11) is 0.